The maximum atomic E-state index is 12.7. The third-order valence-corrected chi connectivity index (χ3v) is 2.20. The van der Waals surface area contributed by atoms with Gasteiger partial charge in [0.25, 0.3) is 0 Å². The van der Waals surface area contributed by atoms with Crippen LogP contribution in [0.4, 0.5) is 4.39 Å². The highest BCUT2D eigenvalue weighted by Crippen LogP contribution is 2.22. The predicted molar refractivity (Wildman–Crippen MR) is 55.6 cm³/mol. The van der Waals surface area contributed by atoms with Gasteiger partial charge in [-0.05, 0) is 23.8 Å². The Morgan fingerprint density at radius 1 is 1.13 bits per heavy atom. The maximum Gasteiger partial charge on any atom is 0.123 e. The Labute approximate surface area is 87.0 Å². The quantitative estimate of drug-likeness (QED) is 0.812. The summed E-state index contributed by atoms with van der Waals surface area (Å²) in [5.41, 5.74) is 2.29. The molecule has 0 saturated heterocycles. The van der Waals surface area contributed by atoms with Crippen LogP contribution in [0.1, 0.15) is 5.69 Å². The summed E-state index contributed by atoms with van der Waals surface area (Å²) in [6, 6.07) is 9.77. The fraction of sp³-hybridized carbons (Fsp3) is 0.0833. The lowest BCUT2D eigenvalue weighted by atomic mass is 10.0. The first kappa shape index (κ1) is 9.80. The van der Waals surface area contributed by atoms with E-state index < -0.39 is 0 Å². The van der Waals surface area contributed by atoms with Crippen LogP contribution >= 0.6 is 0 Å². The maximum absolute atomic E-state index is 12.7. The van der Waals surface area contributed by atoms with E-state index >= 15 is 0 Å². The summed E-state index contributed by atoms with van der Waals surface area (Å²) in [5, 5.41) is 9.10. The summed E-state index contributed by atoms with van der Waals surface area (Å²) in [5.74, 6) is -0.270. The van der Waals surface area contributed by atoms with Crippen molar-refractivity contribution in [1.82, 2.24) is 4.98 Å². The lowest BCUT2D eigenvalue weighted by Gasteiger charge is -2.05. The van der Waals surface area contributed by atoms with Gasteiger partial charge in [0.1, 0.15) is 5.82 Å². The molecular formula is C12H10FNO. The van der Waals surface area contributed by atoms with Gasteiger partial charge in [-0.1, -0.05) is 18.2 Å². The lowest BCUT2D eigenvalue weighted by Crippen LogP contribution is -1.92. The number of aliphatic hydroxyl groups excluding tert-OH is 1. The molecule has 0 saturated carbocycles. The zero-order chi connectivity index (χ0) is 10.7. The van der Waals surface area contributed by atoms with Crippen molar-refractivity contribution >= 4 is 0 Å². The van der Waals surface area contributed by atoms with Crippen LogP contribution in [0.2, 0.25) is 0 Å². The zero-order valence-electron chi connectivity index (χ0n) is 8.02. The average Bonchev–Trinajstić information content (AvgIpc) is 2.30. The lowest BCUT2D eigenvalue weighted by molar-refractivity contribution is 0.277. The van der Waals surface area contributed by atoms with E-state index in [0.717, 1.165) is 11.1 Å². The first-order chi connectivity index (χ1) is 7.31. The predicted octanol–water partition coefficient (Wildman–Crippen LogP) is 2.38. The first-order valence-corrected chi connectivity index (χ1v) is 4.62. The largest absolute Gasteiger partial charge is 0.390 e. The number of nitrogens with zero attached hydrogens (tertiary/aromatic N) is 1. The second kappa shape index (κ2) is 4.19. The number of hydrogen-bond acceptors (Lipinski definition) is 2. The number of rotatable bonds is 2. The van der Waals surface area contributed by atoms with Gasteiger partial charge in [-0.15, -0.1) is 0 Å². The van der Waals surface area contributed by atoms with Gasteiger partial charge in [0, 0.05) is 11.8 Å². The molecule has 0 spiro atoms. The summed E-state index contributed by atoms with van der Waals surface area (Å²) < 4.78 is 12.7. The fourth-order valence-corrected chi connectivity index (χ4v) is 1.46. The van der Waals surface area contributed by atoms with Crippen molar-refractivity contribution in [2.75, 3.05) is 0 Å². The molecule has 15 heavy (non-hydrogen) atoms. The third-order valence-electron chi connectivity index (χ3n) is 2.20. The molecule has 76 valence electrons. The minimum absolute atomic E-state index is 0.118. The third kappa shape index (κ3) is 2.02. The highest BCUT2D eigenvalue weighted by atomic mass is 19.1. The van der Waals surface area contributed by atoms with E-state index in [9.17, 15) is 4.39 Å². The number of halogens is 1. The Morgan fingerprint density at radius 3 is 2.53 bits per heavy atom. The molecule has 0 radical (unpaired) electrons. The van der Waals surface area contributed by atoms with Gasteiger partial charge < -0.3 is 5.11 Å². The first-order valence-electron chi connectivity index (χ1n) is 4.62. The molecular weight excluding hydrogens is 193 g/mol. The van der Waals surface area contributed by atoms with Crippen LogP contribution in [0.25, 0.3) is 11.1 Å². The van der Waals surface area contributed by atoms with Crippen molar-refractivity contribution < 1.29 is 9.50 Å². The fourth-order valence-electron chi connectivity index (χ4n) is 1.46. The van der Waals surface area contributed by atoms with Gasteiger partial charge in [0.15, 0.2) is 0 Å². The SMILES string of the molecule is OCc1ncccc1-c1ccc(F)cc1. The molecule has 1 aromatic carbocycles. The summed E-state index contributed by atoms with van der Waals surface area (Å²) in [4.78, 5) is 4.05. The van der Waals surface area contributed by atoms with Crippen LogP contribution < -0.4 is 0 Å². The van der Waals surface area contributed by atoms with E-state index in [1.807, 2.05) is 6.07 Å². The molecule has 3 heteroatoms. The van der Waals surface area contributed by atoms with Gasteiger partial charge in [0.05, 0.1) is 12.3 Å². The standard InChI is InChI=1S/C12H10FNO/c13-10-5-3-9(4-6-10)11-2-1-7-14-12(11)8-15/h1-7,15H,8H2. The van der Waals surface area contributed by atoms with Gasteiger partial charge >= 0.3 is 0 Å². The molecule has 0 aliphatic carbocycles. The van der Waals surface area contributed by atoms with Crippen molar-refractivity contribution in [1.29, 1.82) is 0 Å². The number of pyridine rings is 1. The van der Waals surface area contributed by atoms with E-state index in [1.54, 1.807) is 24.4 Å². The minimum atomic E-state index is -0.270. The highest BCUT2D eigenvalue weighted by molar-refractivity contribution is 5.65. The topological polar surface area (TPSA) is 33.1 Å². The van der Waals surface area contributed by atoms with E-state index in [2.05, 4.69) is 4.98 Å². The Kier molecular flexibility index (Phi) is 2.74. The second-order valence-corrected chi connectivity index (χ2v) is 3.16. The van der Waals surface area contributed by atoms with Crippen LogP contribution in [0, 0.1) is 5.82 Å². The van der Waals surface area contributed by atoms with E-state index in [4.69, 9.17) is 5.11 Å². The van der Waals surface area contributed by atoms with Crippen molar-refractivity contribution in [2.24, 2.45) is 0 Å². The van der Waals surface area contributed by atoms with Crippen molar-refractivity contribution in [3.63, 3.8) is 0 Å². The molecule has 0 bridgehead atoms. The monoisotopic (exact) mass is 203 g/mol. The summed E-state index contributed by atoms with van der Waals surface area (Å²) >= 11 is 0. The Balaban J connectivity index is 2.49. The Bertz CT molecular complexity index is 453. The number of aliphatic hydroxyl groups is 1. The van der Waals surface area contributed by atoms with Crippen molar-refractivity contribution in [3.05, 3.63) is 54.1 Å². The molecule has 2 rings (SSSR count). The summed E-state index contributed by atoms with van der Waals surface area (Å²) in [7, 11) is 0. The van der Waals surface area contributed by atoms with E-state index in [-0.39, 0.29) is 12.4 Å². The van der Waals surface area contributed by atoms with Crippen LogP contribution in [0.15, 0.2) is 42.6 Å². The van der Waals surface area contributed by atoms with Crippen molar-refractivity contribution in [3.8, 4) is 11.1 Å². The zero-order valence-corrected chi connectivity index (χ0v) is 8.02. The molecule has 0 aliphatic rings. The second-order valence-electron chi connectivity index (χ2n) is 3.16. The van der Waals surface area contributed by atoms with Crippen LogP contribution in [0.3, 0.4) is 0 Å². The minimum Gasteiger partial charge on any atom is -0.390 e. The number of hydrogen-bond donors (Lipinski definition) is 1. The van der Waals surface area contributed by atoms with Crippen LogP contribution in [-0.4, -0.2) is 10.1 Å². The van der Waals surface area contributed by atoms with Gasteiger partial charge in [-0.2, -0.15) is 0 Å². The normalized spacial score (nSPS) is 10.3. The molecule has 0 atom stereocenters. The molecule has 1 heterocycles. The highest BCUT2D eigenvalue weighted by Gasteiger charge is 2.04. The van der Waals surface area contributed by atoms with Crippen LogP contribution in [-0.2, 0) is 6.61 Å². The molecule has 1 N–H and O–H groups in total. The van der Waals surface area contributed by atoms with Crippen LogP contribution in [0.5, 0.6) is 0 Å². The molecule has 2 nitrogen and oxygen atoms in total. The molecule has 0 fully saturated rings. The van der Waals surface area contributed by atoms with Gasteiger partial charge in [-0.25, -0.2) is 4.39 Å². The van der Waals surface area contributed by atoms with Gasteiger partial charge in [0.2, 0.25) is 0 Å². The van der Waals surface area contributed by atoms with Crippen molar-refractivity contribution in [2.45, 2.75) is 6.61 Å². The Morgan fingerprint density at radius 2 is 1.87 bits per heavy atom. The molecule has 0 amide bonds. The van der Waals surface area contributed by atoms with E-state index in [1.165, 1.54) is 12.1 Å². The van der Waals surface area contributed by atoms with E-state index in [0.29, 0.717) is 5.69 Å². The Hall–Kier alpha value is -1.74. The summed E-state index contributed by atoms with van der Waals surface area (Å²) in [6.45, 7) is -0.118. The average molecular weight is 203 g/mol. The van der Waals surface area contributed by atoms with Gasteiger partial charge in [-0.3, -0.25) is 4.98 Å². The molecule has 0 aliphatic heterocycles. The molecule has 0 unspecified atom stereocenters. The smallest absolute Gasteiger partial charge is 0.123 e. The number of benzene rings is 1. The number of aromatic nitrogens is 1. The molecule has 1 aromatic heterocycles. The summed E-state index contributed by atoms with van der Waals surface area (Å²) in [6.07, 6.45) is 1.62. The molecule has 2 aromatic rings.